The molecule has 0 radical (unpaired) electrons. The zero-order valence-electron chi connectivity index (χ0n) is 16.7. The average molecular weight is 402 g/mol. The van der Waals surface area contributed by atoms with E-state index in [4.69, 9.17) is 9.47 Å². The lowest BCUT2D eigenvalue weighted by atomic mass is 10.1. The standard InChI is InChI=1S/C24H22N2O4/c1-29-21-14-13-17(16-22(21)30-2)15-20(24(28)25-19-11-7-4-8-12-19)26-23(27)18-9-5-3-6-10-18/h3-16H,1-2H3,(H,25,28)(H,26,27)/b20-15+. The second-order valence-electron chi connectivity index (χ2n) is 6.31. The molecule has 152 valence electrons. The third-order valence-electron chi connectivity index (χ3n) is 4.28. The van der Waals surface area contributed by atoms with E-state index in [1.165, 1.54) is 7.11 Å². The number of carbonyl (C=O) groups is 2. The summed E-state index contributed by atoms with van der Waals surface area (Å²) in [6.45, 7) is 0. The van der Waals surface area contributed by atoms with Gasteiger partial charge in [-0.1, -0.05) is 42.5 Å². The van der Waals surface area contributed by atoms with Crippen molar-refractivity contribution in [2.75, 3.05) is 19.5 Å². The Morgan fingerprint density at radius 1 is 0.800 bits per heavy atom. The van der Waals surface area contributed by atoms with E-state index in [2.05, 4.69) is 10.6 Å². The molecule has 0 heterocycles. The van der Waals surface area contributed by atoms with Crippen LogP contribution >= 0.6 is 0 Å². The van der Waals surface area contributed by atoms with Crippen LogP contribution < -0.4 is 20.1 Å². The maximum atomic E-state index is 12.9. The highest BCUT2D eigenvalue weighted by Gasteiger charge is 2.15. The molecule has 0 bridgehead atoms. The van der Waals surface area contributed by atoms with Crippen molar-refractivity contribution in [1.29, 1.82) is 0 Å². The molecule has 0 aliphatic heterocycles. The Morgan fingerprint density at radius 3 is 2.07 bits per heavy atom. The van der Waals surface area contributed by atoms with E-state index in [9.17, 15) is 9.59 Å². The van der Waals surface area contributed by atoms with Crippen molar-refractivity contribution in [2.24, 2.45) is 0 Å². The number of ether oxygens (including phenoxy) is 2. The third-order valence-corrected chi connectivity index (χ3v) is 4.28. The van der Waals surface area contributed by atoms with Crippen molar-refractivity contribution in [3.63, 3.8) is 0 Å². The van der Waals surface area contributed by atoms with Crippen molar-refractivity contribution in [3.05, 3.63) is 95.7 Å². The minimum absolute atomic E-state index is 0.0972. The van der Waals surface area contributed by atoms with Gasteiger partial charge in [0.25, 0.3) is 11.8 Å². The fraction of sp³-hybridized carbons (Fsp3) is 0.0833. The van der Waals surface area contributed by atoms with E-state index in [0.717, 1.165) is 0 Å². The predicted octanol–water partition coefficient (Wildman–Crippen LogP) is 4.11. The molecule has 0 aromatic heterocycles. The molecule has 0 saturated carbocycles. The Labute approximate surface area is 175 Å². The average Bonchev–Trinajstić information content (AvgIpc) is 2.79. The summed E-state index contributed by atoms with van der Waals surface area (Å²) in [4.78, 5) is 25.6. The fourth-order valence-corrected chi connectivity index (χ4v) is 2.77. The molecule has 6 nitrogen and oxygen atoms in total. The number of benzene rings is 3. The van der Waals surface area contributed by atoms with Gasteiger partial charge in [0.2, 0.25) is 0 Å². The van der Waals surface area contributed by atoms with E-state index in [1.807, 2.05) is 24.3 Å². The number of carbonyl (C=O) groups excluding carboxylic acids is 2. The van der Waals surface area contributed by atoms with Crippen molar-refractivity contribution in [3.8, 4) is 11.5 Å². The molecule has 2 amide bonds. The zero-order valence-corrected chi connectivity index (χ0v) is 16.7. The van der Waals surface area contributed by atoms with E-state index in [-0.39, 0.29) is 11.6 Å². The molecule has 0 fully saturated rings. The SMILES string of the molecule is COc1ccc(/C=C(/NC(=O)c2ccccc2)C(=O)Nc2ccccc2)cc1OC. The first-order chi connectivity index (χ1) is 14.6. The number of amides is 2. The second-order valence-corrected chi connectivity index (χ2v) is 6.31. The van der Waals surface area contributed by atoms with Crippen LogP contribution in [-0.4, -0.2) is 26.0 Å². The van der Waals surface area contributed by atoms with Gasteiger partial charge in [-0.25, -0.2) is 0 Å². The van der Waals surface area contributed by atoms with Crippen LogP contribution in [0.4, 0.5) is 5.69 Å². The molecule has 3 aromatic carbocycles. The number of hydrogen-bond acceptors (Lipinski definition) is 4. The lowest BCUT2D eigenvalue weighted by Crippen LogP contribution is -2.30. The number of rotatable bonds is 7. The Kier molecular flexibility index (Phi) is 6.84. The topological polar surface area (TPSA) is 76.7 Å². The van der Waals surface area contributed by atoms with Gasteiger partial charge in [-0.3, -0.25) is 9.59 Å². The van der Waals surface area contributed by atoms with Gasteiger partial charge >= 0.3 is 0 Å². The summed E-state index contributed by atoms with van der Waals surface area (Å²) in [6.07, 6.45) is 1.58. The van der Waals surface area contributed by atoms with Crippen molar-refractivity contribution >= 4 is 23.6 Å². The highest BCUT2D eigenvalue weighted by atomic mass is 16.5. The Morgan fingerprint density at radius 2 is 1.43 bits per heavy atom. The van der Waals surface area contributed by atoms with E-state index in [0.29, 0.717) is 28.3 Å². The molecule has 0 saturated heterocycles. The fourth-order valence-electron chi connectivity index (χ4n) is 2.77. The lowest BCUT2D eigenvalue weighted by Gasteiger charge is -2.12. The third kappa shape index (κ3) is 5.26. The summed E-state index contributed by atoms with van der Waals surface area (Å²) in [7, 11) is 3.08. The molecule has 0 unspecified atom stereocenters. The highest BCUT2D eigenvalue weighted by Crippen LogP contribution is 2.28. The maximum absolute atomic E-state index is 12.9. The van der Waals surface area contributed by atoms with Crippen LogP contribution in [0.3, 0.4) is 0 Å². The Balaban J connectivity index is 1.93. The maximum Gasteiger partial charge on any atom is 0.272 e. The molecule has 0 aliphatic carbocycles. The molecule has 3 aromatic rings. The number of para-hydroxylation sites is 1. The highest BCUT2D eigenvalue weighted by molar-refractivity contribution is 6.10. The van der Waals surface area contributed by atoms with Gasteiger partial charge in [-0.2, -0.15) is 0 Å². The largest absolute Gasteiger partial charge is 0.493 e. The van der Waals surface area contributed by atoms with Crippen LogP contribution in [-0.2, 0) is 4.79 Å². The molecule has 30 heavy (non-hydrogen) atoms. The molecule has 6 heteroatoms. The van der Waals surface area contributed by atoms with Crippen molar-refractivity contribution < 1.29 is 19.1 Å². The zero-order chi connectivity index (χ0) is 21.3. The smallest absolute Gasteiger partial charge is 0.272 e. The summed E-state index contributed by atoms with van der Waals surface area (Å²) in [5.74, 6) is 0.257. The van der Waals surface area contributed by atoms with E-state index in [1.54, 1.807) is 67.8 Å². The summed E-state index contributed by atoms with van der Waals surface area (Å²) in [5.41, 5.74) is 1.83. The molecular weight excluding hydrogens is 380 g/mol. The van der Waals surface area contributed by atoms with Crippen molar-refractivity contribution in [2.45, 2.75) is 0 Å². The first kappa shape index (κ1) is 20.7. The Bertz CT molecular complexity index is 1050. The van der Waals surface area contributed by atoms with E-state index < -0.39 is 5.91 Å². The number of hydrogen-bond donors (Lipinski definition) is 2. The molecule has 3 rings (SSSR count). The monoisotopic (exact) mass is 402 g/mol. The summed E-state index contributed by atoms with van der Waals surface area (Å²) in [6, 6.07) is 22.9. The van der Waals surface area contributed by atoms with E-state index >= 15 is 0 Å². The van der Waals surface area contributed by atoms with Gasteiger partial charge in [0.15, 0.2) is 11.5 Å². The summed E-state index contributed by atoms with van der Waals surface area (Å²) < 4.78 is 10.6. The van der Waals surface area contributed by atoms with Gasteiger partial charge in [0.05, 0.1) is 14.2 Å². The normalized spacial score (nSPS) is 10.8. The predicted molar refractivity (Wildman–Crippen MR) is 117 cm³/mol. The number of nitrogens with one attached hydrogen (secondary N) is 2. The number of methoxy groups -OCH3 is 2. The van der Waals surface area contributed by atoms with Crippen LogP contribution in [0.25, 0.3) is 6.08 Å². The number of anilines is 1. The second kappa shape index (κ2) is 9.93. The first-order valence-electron chi connectivity index (χ1n) is 9.27. The quantitative estimate of drug-likeness (QED) is 0.583. The van der Waals surface area contributed by atoms with Crippen LogP contribution in [0.15, 0.2) is 84.6 Å². The summed E-state index contributed by atoms with van der Waals surface area (Å²) in [5, 5.41) is 5.50. The molecular formula is C24H22N2O4. The van der Waals surface area contributed by atoms with Gasteiger partial charge in [0.1, 0.15) is 5.70 Å². The minimum Gasteiger partial charge on any atom is -0.493 e. The molecule has 0 atom stereocenters. The summed E-state index contributed by atoms with van der Waals surface area (Å²) >= 11 is 0. The van der Waals surface area contributed by atoms with Gasteiger partial charge < -0.3 is 20.1 Å². The van der Waals surface area contributed by atoms with Gasteiger partial charge in [0, 0.05) is 11.3 Å². The van der Waals surface area contributed by atoms with Gasteiger partial charge in [-0.15, -0.1) is 0 Å². The lowest BCUT2D eigenvalue weighted by molar-refractivity contribution is -0.113. The van der Waals surface area contributed by atoms with Crippen LogP contribution in [0.1, 0.15) is 15.9 Å². The van der Waals surface area contributed by atoms with Crippen LogP contribution in [0.2, 0.25) is 0 Å². The van der Waals surface area contributed by atoms with Crippen LogP contribution in [0, 0.1) is 0 Å². The molecule has 0 aliphatic rings. The molecule has 2 N–H and O–H groups in total. The van der Waals surface area contributed by atoms with Crippen molar-refractivity contribution in [1.82, 2.24) is 5.32 Å². The molecule has 0 spiro atoms. The van der Waals surface area contributed by atoms with Gasteiger partial charge in [-0.05, 0) is 48.0 Å². The minimum atomic E-state index is -0.444. The Hall–Kier alpha value is -4.06. The first-order valence-corrected chi connectivity index (χ1v) is 9.27. The van der Waals surface area contributed by atoms with Crippen LogP contribution in [0.5, 0.6) is 11.5 Å².